The van der Waals surface area contributed by atoms with Crippen molar-refractivity contribution in [3.05, 3.63) is 118 Å². The number of hydrogen-bond donors (Lipinski definition) is 0. The lowest BCUT2D eigenvalue weighted by atomic mass is 9.97. The van der Waals surface area contributed by atoms with Crippen LogP contribution < -0.4 is 15.0 Å². The van der Waals surface area contributed by atoms with E-state index >= 15 is 0 Å². The fourth-order valence-electron chi connectivity index (χ4n) is 4.26. The van der Waals surface area contributed by atoms with Crippen LogP contribution in [0.15, 0.2) is 95.9 Å². The SMILES string of the molecule is COc1cc(-c2c(C)cccc2-n2ccc(OCc3ccc4ccccc4n3)cc2=O)ccc1C#N. The van der Waals surface area contributed by atoms with Gasteiger partial charge in [0.2, 0.25) is 0 Å². The molecular weight excluding hydrogens is 450 g/mol. The van der Waals surface area contributed by atoms with Gasteiger partial charge in [0.25, 0.3) is 5.56 Å². The van der Waals surface area contributed by atoms with Crippen LogP contribution in [0, 0.1) is 18.3 Å². The van der Waals surface area contributed by atoms with Gasteiger partial charge < -0.3 is 9.47 Å². The molecule has 0 spiro atoms. The molecule has 0 N–H and O–H groups in total. The fraction of sp³-hybridized carbons (Fsp3) is 0.100. The van der Waals surface area contributed by atoms with Crippen LogP contribution in [0.5, 0.6) is 11.5 Å². The van der Waals surface area contributed by atoms with Gasteiger partial charge in [0.1, 0.15) is 24.2 Å². The molecule has 0 fully saturated rings. The molecule has 3 aromatic carbocycles. The topological polar surface area (TPSA) is 77.1 Å². The van der Waals surface area contributed by atoms with Gasteiger partial charge in [0.05, 0.1) is 29.6 Å². The minimum absolute atomic E-state index is 0.216. The molecule has 36 heavy (non-hydrogen) atoms. The van der Waals surface area contributed by atoms with E-state index in [1.807, 2.05) is 73.7 Å². The maximum Gasteiger partial charge on any atom is 0.258 e. The minimum Gasteiger partial charge on any atom is -0.495 e. The number of benzene rings is 3. The molecule has 6 nitrogen and oxygen atoms in total. The zero-order chi connectivity index (χ0) is 25.1. The molecule has 0 atom stereocenters. The second-order valence-corrected chi connectivity index (χ2v) is 8.35. The summed E-state index contributed by atoms with van der Waals surface area (Å²) in [5.41, 5.74) is 5.39. The summed E-state index contributed by atoms with van der Waals surface area (Å²) >= 11 is 0. The molecule has 0 bridgehead atoms. The summed E-state index contributed by atoms with van der Waals surface area (Å²) in [5.74, 6) is 0.961. The van der Waals surface area contributed by atoms with Gasteiger partial charge in [-0.05, 0) is 54.4 Å². The number of nitrogens with zero attached hydrogens (tertiary/aromatic N) is 3. The number of hydrogen-bond acceptors (Lipinski definition) is 5. The maximum atomic E-state index is 13.1. The smallest absolute Gasteiger partial charge is 0.258 e. The van der Waals surface area contributed by atoms with E-state index in [4.69, 9.17) is 9.47 Å². The molecule has 0 saturated heterocycles. The number of fused-ring (bicyclic) bond motifs is 1. The van der Waals surface area contributed by atoms with Crippen LogP contribution in [-0.4, -0.2) is 16.7 Å². The third-order valence-corrected chi connectivity index (χ3v) is 6.05. The highest BCUT2D eigenvalue weighted by molar-refractivity contribution is 5.79. The summed E-state index contributed by atoms with van der Waals surface area (Å²) in [6, 6.07) is 28.4. The fourth-order valence-corrected chi connectivity index (χ4v) is 4.26. The molecule has 6 heteroatoms. The molecule has 0 saturated carbocycles. The number of para-hydroxylation sites is 1. The molecule has 2 aromatic heterocycles. The molecule has 0 radical (unpaired) electrons. The lowest BCUT2D eigenvalue weighted by Crippen LogP contribution is -2.18. The Morgan fingerprint density at radius 1 is 0.972 bits per heavy atom. The number of ether oxygens (including phenoxy) is 2. The van der Waals surface area contributed by atoms with Crippen LogP contribution in [0.3, 0.4) is 0 Å². The van der Waals surface area contributed by atoms with Gasteiger partial charge in [0, 0.05) is 23.2 Å². The second kappa shape index (κ2) is 9.77. The van der Waals surface area contributed by atoms with Crippen molar-refractivity contribution in [1.29, 1.82) is 5.26 Å². The Bertz CT molecular complexity index is 1680. The highest BCUT2D eigenvalue weighted by Gasteiger charge is 2.14. The van der Waals surface area contributed by atoms with Gasteiger partial charge in [-0.25, -0.2) is 4.98 Å². The van der Waals surface area contributed by atoms with E-state index in [0.29, 0.717) is 17.1 Å². The summed E-state index contributed by atoms with van der Waals surface area (Å²) in [7, 11) is 1.54. The van der Waals surface area contributed by atoms with Crippen LogP contribution >= 0.6 is 0 Å². The number of methoxy groups -OCH3 is 1. The van der Waals surface area contributed by atoms with Crippen molar-refractivity contribution in [1.82, 2.24) is 9.55 Å². The Kier molecular flexibility index (Phi) is 6.21. The predicted molar refractivity (Wildman–Crippen MR) is 140 cm³/mol. The first-order valence-electron chi connectivity index (χ1n) is 11.5. The van der Waals surface area contributed by atoms with E-state index in [-0.39, 0.29) is 12.2 Å². The maximum absolute atomic E-state index is 13.1. The number of nitriles is 1. The third kappa shape index (κ3) is 4.42. The Labute approximate surface area is 208 Å². The van der Waals surface area contributed by atoms with Gasteiger partial charge in [-0.1, -0.05) is 42.5 Å². The van der Waals surface area contributed by atoms with E-state index in [1.165, 1.54) is 13.2 Å². The number of rotatable bonds is 6. The number of pyridine rings is 2. The van der Waals surface area contributed by atoms with Gasteiger partial charge in [-0.15, -0.1) is 0 Å². The first-order valence-corrected chi connectivity index (χ1v) is 11.5. The summed E-state index contributed by atoms with van der Waals surface area (Å²) < 4.78 is 12.9. The van der Waals surface area contributed by atoms with E-state index in [1.54, 1.807) is 22.9 Å². The van der Waals surface area contributed by atoms with Crippen LogP contribution in [0.1, 0.15) is 16.8 Å². The molecule has 5 rings (SSSR count). The van der Waals surface area contributed by atoms with Crippen molar-refractivity contribution in [2.75, 3.05) is 7.11 Å². The largest absolute Gasteiger partial charge is 0.495 e. The van der Waals surface area contributed by atoms with Crippen molar-refractivity contribution in [2.45, 2.75) is 13.5 Å². The molecule has 0 amide bonds. The van der Waals surface area contributed by atoms with Crippen molar-refractivity contribution in [3.8, 4) is 34.4 Å². The van der Waals surface area contributed by atoms with Crippen LogP contribution in [0.4, 0.5) is 0 Å². The highest BCUT2D eigenvalue weighted by Crippen LogP contribution is 2.33. The van der Waals surface area contributed by atoms with Crippen molar-refractivity contribution in [2.24, 2.45) is 0 Å². The second-order valence-electron chi connectivity index (χ2n) is 8.35. The summed E-state index contributed by atoms with van der Waals surface area (Å²) in [5, 5.41) is 10.4. The van der Waals surface area contributed by atoms with Gasteiger partial charge in [0.15, 0.2) is 0 Å². The van der Waals surface area contributed by atoms with E-state index in [2.05, 4.69) is 11.1 Å². The van der Waals surface area contributed by atoms with Gasteiger partial charge in [-0.2, -0.15) is 5.26 Å². The van der Waals surface area contributed by atoms with Crippen LogP contribution in [0.25, 0.3) is 27.7 Å². The lowest BCUT2D eigenvalue weighted by Gasteiger charge is -2.16. The molecule has 176 valence electrons. The number of aryl methyl sites for hydroxylation is 1. The quantitative estimate of drug-likeness (QED) is 0.311. The average molecular weight is 474 g/mol. The summed E-state index contributed by atoms with van der Waals surface area (Å²) in [6.45, 7) is 2.25. The standard InChI is InChI=1S/C30H23N3O3/c1-20-6-5-9-27(30(20)22-10-11-23(18-31)28(16-22)35-2)33-15-14-25(17-29(33)34)36-19-24-13-12-21-7-3-4-8-26(21)32-24/h3-17H,19H2,1-2H3. The molecular formula is C30H23N3O3. The average Bonchev–Trinajstić information content (AvgIpc) is 2.91. The first-order chi connectivity index (χ1) is 17.6. The normalized spacial score (nSPS) is 10.7. The Morgan fingerprint density at radius 2 is 1.83 bits per heavy atom. The molecule has 2 heterocycles. The van der Waals surface area contributed by atoms with Crippen molar-refractivity contribution < 1.29 is 9.47 Å². The predicted octanol–water partition coefficient (Wildman–Crippen LogP) is 5.82. The van der Waals surface area contributed by atoms with Gasteiger partial charge in [-0.3, -0.25) is 9.36 Å². The van der Waals surface area contributed by atoms with E-state index in [0.717, 1.165) is 39.0 Å². The van der Waals surface area contributed by atoms with Crippen molar-refractivity contribution in [3.63, 3.8) is 0 Å². The molecule has 0 aliphatic carbocycles. The molecule has 0 aliphatic heterocycles. The van der Waals surface area contributed by atoms with E-state index in [9.17, 15) is 10.1 Å². The van der Waals surface area contributed by atoms with Crippen LogP contribution in [0.2, 0.25) is 0 Å². The first kappa shape index (κ1) is 22.9. The Hall–Kier alpha value is -4.89. The van der Waals surface area contributed by atoms with Gasteiger partial charge >= 0.3 is 0 Å². The van der Waals surface area contributed by atoms with Crippen LogP contribution in [-0.2, 0) is 6.61 Å². The number of aromatic nitrogens is 2. The monoisotopic (exact) mass is 473 g/mol. The summed E-state index contributed by atoms with van der Waals surface area (Å²) in [6.07, 6.45) is 1.71. The molecule has 0 unspecified atom stereocenters. The zero-order valence-corrected chi connectivity index (χ0v) is 19.9. The lowest BCUT2D eigenvalue weighted by molar-refractivity contribution is 0.301. The highest BCUT2D eigenvalue weighted by atomic mass is 16.5. The van der Waals surface area contributed by atoms with Crippen molar-refractivity contribution >= 4 is 10.9 Å². The minimum atomic E-state index is -0.216. The molecule has 5 aromatic rings. The molecule has 0 aliphatic rings. The zero-order valence-electron chi connectivity index (χ0n) is 19.9. The third-order valence-electron chi connectivity index (χ3n) is 6.05. The summed E-state index contributed by atoms with van der Waals surface area (Å²) in [4.78, 5) is 17.8. The Morgan fingerprint density at radius 3 is 2.64 bits per heavy atom. The van der Waals surface area contributed by atoms with E-state index < -0.39 is 0 Å². The Balaban J connectivity index is 1.45.